The first-order chi connectivity index (χ1) is 11.9. The summed E-state index contributed by atoms with van der Waals surface area (Å²) in [5, 5.41) is 3.42. The highest BCUT2D eigenvalue weighted by Gasteiger charge is 2.32. The number of carbonyl (C=O) groups excluding carboxylic acids is 2. The molecule has 0 amide bonds. The number of hydrogen-bond acceptors (Lipinski definition) is 8. The van der Waals surface area contributed by atoms with Gasteiger partial charge in [-0.2, -0.15) is 0 Å². The molecular formula is C16H17ClN2O6. The zero-order valence-electron chi connectivity index (χ0n) is 14.1. The fourth-order valence-corrected chi connectivity index (χ4v) is 2.34. The smallest absolute Gasteiger partial charge is 0.437 e. The number of anilines is 1. The summed E-state index contributed by atoms with van der Waals surface area (Å²) in [6, 6.07) is 6.71. The molecule has 9 heteroatoms. The molecule has 0 radical (unpaired) electrons. The minimum atomic E-state index is -0.930. The van der Waals surface area contributed by atoms with Crippen molar-refractivity contribution in [3.63, 3.8) is 0 Å². The van der Waals surface area contributed by atoms with Crippen LogP contribution in [0, 0.1) is 0 Å². The molecule has 0 unspecified atom stereocenters. The molecule has 1 aliphatic rings. The van der Waals surface area contributed by atoms with E-state index in [2.05, 4.69) is 14.8 Å². The number of allylic oxidation sites excluding steroid dienone is 2. The first-order valence-corrected chi connectivity index (χ1v) is 7.51. The molecule has 0 saturated heterocycles. The van der Waals surface area contributed by atoms with Gasteiger partial charge in [0.25, 0.3) is 0 Å². The van der Waals surface area contributed by atoms with Crippen LogP contribution in [0.2, 0.25) is 5.02 Å². The summed E-state index contributed by atoms with van der Waals surface area (Å²) < 4.78 is 19.6. The van der Waals surface area contributed by atoms with E-state index < -0.39 is 12.3 Å². The van der Waals surface area contributed by atoms with Gasteiger partial charge < -0.3 is 24.3 Å². The first kappa shape index (κ1) is 18.5. The maximum Gasteiger partial charge on any atom is 0.514 e. The van der Waals surface area contributed by atoms with Crippen LogP contribution in [0.25, 0.3) is 0 Å². The summed E-state index contributed by atoms with van der Waals surface area (Å²) in [5.41, 5.74) is 1.51. The van der Waals surface area contributed by atoms with Crippen LogP contribution in [0.5, 0.6) is 0 Å². The Kier molecular flexibility index (Phi) is 5.76. The number of carbonyl (C=O) groups is 2. The highest BCUT2D eigenvalue weighted by molar-refractivity contribution is 6.30. The van der Waals surface area contributed by atoms with Gasteiger partial charge in [0.15, 0.2) is 0 Å². The fourth-order valence-electron chi connectivity index (χ4n) is 2.15. The average molecular weight is 369 g/mol. The lowest BCUT2D eigenvalue weighted by atomic mass is 10.2. The molecule has 25 heavy (non-hydrogen) atoms. The maximum atomic E-state index is 11.6. The van der Waals surface area contributed by atoms with Crippen molar-refractivity contribution < 1.29 is 28.5 Å². The van der Waals surface area contributed by atoms with Gasteiger partial charge in [0, 0.05) is 5.02 Å². The van der Waals surface area contributed by atoms with E-state index >= 15 is 0 Å². The predicted molar refractivity (Wildman–Crippen MR) is 89.4 cm³/mol. The van der Waals surface area contributed by atoms with Gasteiger partial charge in [-0.15, -0.1) is 0 Å². The molecule has 1 aliphatic heterocycles. The summed E-state index contributed by atoms with van der Waals surface area (Å²) >= 11 is 6.06. The Morgan fingerprint density at radius 2 is 1.52 bits per heavy atom. The molecule has 0 spiro atoms. The van der Waals surface area contributed by atoms with E-state index in [0.717, 1.165) is 0 Å². The first-order valence-electron chi connectivity index (χ1n) is 7.13. The molecular weight excluding hydrogens is 352 g/mol. The van der Waals surface area contributed by atoms with Crippen LogP contribution in [-0.4, -0.2) is 26.5 Å². The van der Waals surface area contributed by atoms with E-state index in [1.807, 2.05) is 0 Å². The Labute approximate surface area is 149 Å². The van der Waals surface area contributed by atoms with Gasteiger partial charge in [0.2, 0.25) is 11.8 Å². The van der Waals surface area contributed by atoms with Crippen molar-refractivity contribution in [1.82, 2.24) is 5.32 Å². The van der Waals surface area contributed by atoms with Gasteiger partial charge in [0.1, 0.15) is 0 Å². The molecule has 0 fully saturated rings. The number of methoxy groups -OCH3 is 2. The molecule has 2 rings (SSSR count). The number of rotatable bonds is 3. The van der Waals surface area contributed by atoms with Gasteiger partial charge in [-0.05, 0) is 32.0 Å². The molecule has 0 saturated carbocycles. The van der Waals surface area contributed by atoms with Crippen LogP contribution in [0.3, 0.4) is 0 Å². The van der Waals surface area contributed by atoms with Crippen molar-refractivity contribution in [1.29, 1.82) is 0 Å². The van der Waals surface area contributed by atoms with E-state index in [-0.39, 0.29) is 11.8 Å². The number of nitrogens with one attached hydrogen (secondary N) is 1. The van der Waals surface area contributed by atoms with Crippen molar-refractivity contribution in [2.45, 2.75) is 13.8 Å². The van der Waals surface area contributed by atoms with Gasteiger partial charge in [-0.3, -0.25) is 0 Å². The number of hydrogen-bond donors (Lipinski definition) is 1. The van der Waals surface area contributed by atoms with Crippen LogP contribution in [-0.2, 0) is 18.9 Å². The molecule has 0 aromatic heterocycles. The highest BCUT2D eigenvalue weighted by atomic mass is 35.5. The minimum Gasteiger partial charge on any atom is -0.437 e. The van der Waals surface area contributed by atoms with E-state index in [0.29, 0.717) is 22.1 Å². The van der Waals surface area contributed by atoms with Gasteiger partial charge >= 0.3 is 12.3 Å². The van der Waals surface area contributed by atoms with Crippen LogP contribution >= 0.6 is 11.6 Å². The quantitative estimate of drug-likeness (QED) is 0.808. The maximum absolute atomic E-state index is 11.6. The molecule has 0 aliphatic carbocycles. The molecule has 1 heterocycles. The second-order valence-electron chi connectivity index (χ2n) is 4.91. The zero-order chi connectivity index (χ0) is 18.6. The van der Waals surface area contributed by atoms with Crippen molar-refractivity contribution in [2.75, 3.05) is 19.1 Å². The molecule has 0 atom stereocenters. The molecule has 1 N–H and O–H groups in total. The summed E-state index contributed by atoms with van der Waals surface area (Å²) in [6.07, 6.45) is -1.86. The predicted octanol–water partition coefficient (Wildman–Crippen LogP) is 3.69. The minimum absolute atomic E-state index is 0.0682. The zero-order valence-corrected chi connectivity index (χ0v) is 14.8. The van der Waals surface area contributed by atoms with E-state index in [1.54, 1.807) is 38.1 Å². The Bertz CT molecular complexity index is 719. The number of benzene rings is 1. The normalized spacial score (nSPS) is 14.0. The Morgan fingerprint density at radius 1 is 1.00 bits per heavy atom. The monoisotopic (exact) mass is 368 g/mol. The molecule has 1 aromatic rings. The Hall–Kier alpha value is -2.87. The fraction of sp³-hybridized carbons (Fsp3) is 0.250. The van der Waals surface area contributed by atoms with E-state index in [4.69, 9.17) is 21.1 Å². The third kappa shape index (κ3) is 4.16. The standard InChI is InChI=1S/C16H17ClN2O6/c1-9-13(24-15(20)22-3)19(12-7-5-6-11(17)8-12)14(10(2)18-9)25-16(21)23-4/h5-8,18H,1-4H3. The van der Waals surface area contributed by atoms with Crippen molar-refractivity contribution in [3.8, 4) is 0 Å². The number of halogens is 1. The van der Waals surface area contributed by atoms with Crippen molar-refractivity contribution >= 4 is 29.6 Å². The van der Waals surface area contributed by atoms with Gasteiger partial charge in [0.05, 0.1) is 31.3 Å². The lowest BCUT2D eigenvalue weighted by Gasteiger charge is -2.33. The summed E-state index contributed by atoms with van der Waals surface area (Å²) in [6.45, 7) is 3.38. The molecule has 1 aromatic carbocycles. The Balaban J connectivity index is 2.55. The van der Waals surface area contributed by atoms with Crippen molar-refractivity contribution in [3.05, 3.63) is 52.4 Å². The average Bonchev–Trinajstić information content (AvgIpc) is 2.58. The van der Waals surface area contributed by atoms with E-state index in [9.17, 15) is 9.59 Å². The van der Waals surface area contributed by atoms with Crippen LogP contribution in [0.15, 0.2) is 47.4 Å². The molecule has 0 bridgehead atoms. The number of nitrogens with zero attached hydrogens (tertiary/aromatic N) is 1. The van der Waals surface area contributed by atoms with E-state index in [1.165, 1.54) is 19.1 Å². The third-order valence-electron chi connectivity index (χ3n) is 3.18. The summed E-state index contributed by atoms with van der Waals surface area (Å²) in [7, 11) is 2.37. The van der Waals surface area contributed by atoms with Crippen molar-refractivity contribution in [2.24, 2.45) is 0 Å². The largest absolute Gasteiger partial charge is 0.514 e. The topological polar surface area (TPSA) is 86.3 Å². The SMILES string of the molecule is COC(=O)OC1=C(C)NC(C)=C(OC(=O)OC)N1c1cccc(Cl)c1. The third-order valence-corrected chi connectivity index (χ3v) is 3.42. The van der Waals surface area contributed by atoms with Crippen LogP contribution < -0.4 is 10.2 Å². The lowest BCUT2D eigenvalue weighted by Crippen LogP contribution is -2.37. The summed E-state index contributed by atoms with van der Waals surface area (Å²) in [4.78, 5) is 24.7. The van der Waals surface area contributed by atoms with Gasteiger partial charge in [-0.25, -0.2) is 14.5 Å². The lowest BCUT2D eigenvalue weighted by molar-refractivity contribution is 0.0832. The molecule has 134 valence electrons. The van der Waals surface area contributed by atoms with Crippen LogP contribution in [0.1, 0.15) is 13.8 Å². The summed E-state index contributed by atoms with van der Waals surface area (Å²) in [5.74, 6) is 0.136. The second kappa shape index (κ2) is 7.80. The molecule has 8 nitrogen and oxygen atoms in total. The Morgan fingerprint density at radius 3 is 1.96 bits per heavy atom. The van der Waals surface area contributed by atoms with Gasteiger partial charge in [-0.1, -0.05) is 17.7 Å². The number of ether oxygens (including phenoxy) is 4. The van der Waals surface area contributed by atoms with Crippen LogP contribution in [0.4, 0.5) is 15.3 Å². The highest BCUT2D eigenvalue weighted by Crippen LogP contribution is 2.33. The second-order valence-corrected chi connectivity index (χ2v) is 5.35.